The number of halogens is 2. The lowest BCUT2D eigenvalue weighted by Crippen LogP contribution is -2.57. The molecule has 2 aliphatic carbocycles. The summed E-state index contributed by atoms with van der Waals surface area (Å²) in [6.45, 7) is 13.3. The third-order valence-electron chi connectivity index (χ3n) is 8.55. The van der Waals surface area contributed by atoms with Gasteiger partial charge in [0.1, 0.15) is 0 Å². The molecule has 30 heavy (non-hydrogen) atoms. The smallest absolute Gasteiger partial charge is 0.235 e. The molecule has 2 aromatic rings. The Morgan fingerprint density at radius 3 is 2.10 bits per heavy atom. The zero-order valence-electron chi connectivity index (χ0n) is 18.1. The minimum absolute atomic E-state index is 0.198. The summed E-state index contributed by atoms with van der Waals surface area (Å²) in [4.78, 5) is 28.7. The minimum atomic E-state index is -0.640. The van der Waals surface area contributed by atoms with Crippen LogP contribution in [0.2, 0.25) is 10.0 Å². The molecule has 1 saturated heterocycles. The van der Waals surface area contributed by atoms with E-state index in [2.05, 4.69) is 37.5 Å². The maximum atomic E-state index is 14.1. The van der Waals surface area contributed by atoms with Gasteiger partial charge in [-0.2, -0.15) is 0 Å². The number of hydrogen-bond acceptors (Lipinski definition) is 4. The summed E-state index contributed by atoms with van der Waals surface area (Å²) in [7, 11) is 0. The molecule has 5 rings (SSSR count). The van der Waals surface area contributed by atoms with E-state index in [1.807, 2.05) is 0 Å². The Morgan fingerprint density at radius 1 is 0.967 bits per heavy atom. The summed E-state index contributed by atoms with van der Waals surface area (Å²) in [5.74, 6) is 0.222. The maximum Gasteiger partial charge on any atom is 0.235 e. The number of aromatic nitrogens is 2. The van der Waals surface area contributed by atoms with Gasteiger partial charge in [0.15, 0.2) is 0 Å². The molecule has 1 aliphatic heterocycles. The van der Waals surface area contributed by atoms with Crippen LogP contribution in [0.15, 0.2) is 12.1 Å². The monoisotopic (exact) mass is 446 g/mol. The van der Waals surface area contributed by atoms with Gasteiger partial charge < -0.3 is 9.80 Å². The Kier molecular flexibility index (Phi) is 4.46. The first-order valence-corrected chi connectivity index (χ1v) is 11.6. The van der Waals surface area contributed by atoms with Crippen molar-refractivity contribution in [3.8, 4) is 0 Å². The van der Waals surface area contributed by atoms with Gasteiger partial charge in [-0.1, -0.05) is 50.9 Å². The molecule has 160 valence electrons. The van der Waals surface area contributed by atoms with E-state index in [1.165, 1.54) is 0 Å². The third kappa shape index (κ3) is 2.37. The SMILES string of the molecule is CCN1CCN(C(=O)C23CCC(C)(c4nc5cc(Cl)c(Cl)cc5nc42)C3(C)C)CC1. The van der Waals surface area contributed by atoms with E-state index >= 15 is 0 Å². The van der Waals surface area contributed by atoms with Crippen molar-refractivity contribution in [2.75, 3.05) is 32.7 Å². The minimum Gasteiger partial charge on any atom is -0.339 e. The summed E-state index contributed by atoms with van der Waals surface area (Å²) in [5.41, 5.74) is 2.16. The van der Waals surface area contributed by atoms with Gasteiger partial charge in [0.2, 0.25) is 5.91 Å². The number of carbonyl (C=O) groups excluding carboxylic acids is 1. The number of rotatable bonds is 2. The van der Waals surface area contributed by atoms with Crippen molar-refractivity contribution < 1.29 is 4.79 Å². The number of hydrogen-bond donors (Lipinski definition) is 0. The Morgan fingerprint density at radius 2 is 1.53 bits per heavy atom. The quantitative estimate of drug-likeness (QED) is 0.684. The predicted molar refractivity (Wildman–Crippen MR) is 120 cm³/mol. The Hall–Kier alpha value is -1.43. The Balaban J connectivity index is 1.67. The van der Waals surface area contributed by atoms with E-state index in [9.17, 15) is 4.79 Å². The van der Waals surface area contributed by atoms with E-state index in [-0.39, 0.29) is 16.7 Å². The van der Waals surface area contributed by atoms with Crippen molar-refractivity contribution in [1.82, 2.24) is 19.8 Å². The number of fused-ring (bicyclic) bond motifs is 6. The number of amides is 1. The fraction of sp³-hybridized carbons (Fsp3) is 0.609. The highest BCUT2D eigenvalue weighted by Crippen LogP contribution is 2.70. The lowest BCUT2D eigenvalue weighted by Gasteiger charge is -2.44. The van der Waals surface area contributed by atoms with Crippen LogP contribution in [0.25, 0.3) is 11.0 Å². The largest absolute Gasteiger partial charge is 0.339 e. The summed E-state index contributed by atoms with van der Waals surface area (Å²) in [6, 6.07) is 3.55. The molecule has 2 bridgehead atoms. The van der Waals surface area contributed by atoms with E-state index in [1.54, 1.807) is 12.1 Å². The van der Waals surface area contributed by atoms with Crippen LogP contribution in [-0.4, -0.2) is 58.4 Å². The second-order valence-electron chi connectivity index (χ2n) is 9.76. The fourth-order valence-corrected chi connectivity index (χ4v) is 6.42. The van der Waals surface area contributed by atoms with E-state index < -0.39 is 5.41 Å². The van der Waals surface area contributed by atoms with Crippen molar-refractivity contribution in [1.29, 1.82) is 0 Å². The van der Waals surface area contributed by atoms with Gasteiger partial charge in [-0.05, 0) is 36.9 Å². The number of likely N-dealkylation sites (N-methyl/N-ethyl adjacent to an activating group) is 1. The first-order chi connectivity index (χ1) is 14.2. The standard InChI is InChI=1S/C23H28Cl2N4O/c1-5-28-8-10-29(11-9-28)20(30)23-7-6-22(4,21(23,2)3)18-19(23)27-17-13-15(25)14(24)12-16(17)26-18/h12-13H,5-11H2,1-4H3. The summed E-state index contributed by atoms with van der Waals surface area (Å²) < 4.78 is 0. The highest BCUT2D eigenvalue weighted by atomic mass is 35.5. The van der Waals surface area contributed by atoms with Gasteiger partial charge in [0, 0.05) is 31.6 Å². The molecule has 7 heteroatoms. The lowest BCUT2D eigenvalue weighted by molar-refractivity contribution is -0.143. The molecule has 3 aliphatic rings. The maximum absolute atomic E-state index is 14.1. The van der Waals surface area contributed by atoms with Crippen LogP contribution in [0.1, 0.15) is 51.9 Å². The molecule has 0 spiro atoms. The van der Waals surface area contributed by atoms with Crippen LogP contribution in [0.3, 0.4) is 0 Å². The Labute approximate surface area is 187 Å². The molecule has 2 unspecified atom stereocenters. The normalized spacial score (nSPS) is 30.1. The topological polar surface area (TPSA) is 49.3 Å². The van der Waals surface area contributed by atoms with Gasteiger partial charge in [0.05, 0.1) is 37.9 Å². The van der Waals surface area contributed by atoms with Gasteiger partial charge in [-0.15, -0.1) is 0 Å². The Bertz CT molecular complexity index is 1060. The molecule has 1 aromatic carbocycles. The van der Waals surface area contributed by atoms with Gasteiger partial charge >= 0.3 is 0 Å². The zero-order valence-corrected chi connectivity index (χ0v) is 19.6. The molecule has 2 fully saturated rings. The highest BCUT2D eigenvalue weighted by molar-refractivity contribution is 6.42. The number of benzene rings is 1. The zero-order chi connectivity index (χ0) is 21.5. The number of nitrogens with zero attached hydrogens (tertiary/aromatic N) is 4. The molecule has 1 amide bonds. The average Bonchev–Trinajstić information content (AvgIpc) is 3.02. The predicted octanol–water partition coefficient (Wildman–Crippen LogP) is 4.43. The van der Waals surface area contributed by atoms with Crippen molar-refractivity contribution in [3.05, 3.63) is 33.6 Å². The number of carbonyl (C=O) groups is 1. The van der Waals surface area contributed by atoms with Crippen molar-refractivity contribution in [3.63, 3.8) is 0 Å². The molecule has 2 atom stereocenters. The average molecular weight is 447 g/mol. The first-order valence-electron chi connectivity index (χ1n) is 10.9. The molecule has 1 aromatic heterocycles. The van der Waals surface area contributed by atoms with E-state index in [4.69, 9.17) is 33.2 Å². The number of piperazine rings is 1. The third-order valence-corrected chi connectivity index (χ3v) is 9.27. The van der Waals surface area contributed by atoms with Crippen LogP contribution in [0.5, 0.6) is 0 Å². The fourth-order valence-electron chi connectivity index (χ4n) is 6.11. The van der Waals surface area contributed by atoms with Gasteiger partial charge in [-0.3, -0.25) is 4.79 Å². The molecule has 0 radical (unpaired) electrons. The van der Waals surface area contributed by atoms with Crippen molar-refractivity contribution in [2.24, 2.45) is 5.41 Å². The van der Waals surface area contributed by atoms with E-state index in [0.29, 0.717) is 15.6 Å². The summed E-state index contributed by atoms with van der Waals surface area (Å²) in [6.07, 6.45) is 1.76. The molecular weight excluding hydrogens is 419 g/mol. The lowest BCUT2D eigenvalue weighted by atomic mass is 9.63. The van der Waals surface area contributed by atoms with Crippen LogP contribution in [0.4, 0.5) is 0 Å². The van der Waals surface area contributed by atoms with Crippen LogP contribution in [0, 0.1) is 5.41 Å². The molecule has 0 N–H and O–H groups in total. The molecular formula is C23H28Cl2N4O. The van der Waals surface area contributed by atoms with Crippen LogP contribution < -0.4 is 0 Å². The first kappa shape index (κ1) is 20.5. The summed E-state index contributed by atoms with van der Waals surface area (Å²) in [5, 5.41) is 0.939. The second-order valence-corrected chi connectivity index (χ2v) is 10.6. The van der Waals surface area contributed by atoms with Crippen LogP contribution in [-0.2, 0) is 15.6 Å². The second kappa shape index (κ2) is 6.54. The molecule has 1 saturated carbocycles. The summed E-state index contributed by atoms with van der Waals surface area (Å²) >= 11 is 12.5. The van der Waals surface area contributed by atoms with Crippen LogP contribution >= 0.6 is 23.2 Å². The van der Waals surface area contributed by atoms with Gasteiger partial charge in [0.25, 0.3) is 0 Å². The highest BCUT2D eigenvalue weighted by Gasteiger charge is 2.73. The molecule has 2 heterocycles. The van der Waals surface area contributed by atoms with Crippen molar-refractivity contribution >= 4 is 40.1 Å². The van der Waals surface area contributed by atoms with Crippen molar-refractivity contribution in [2.45, 2.75) is 51.4 Å². The van der Waals surface area contributed by atoms with E-state index in [0.717, 1.165) is 62.5 Å². The van der Waals surface area contributed by atoms with Gasteiger partial charge in [-0.25, -0.2) is 9.97 Å². The molecule has 5 nitrogen and oxygen atoms in total.